The Morgan fingerprint density at radius 3 is 2.92 bits per heavy atom. The second-order valence-corrected chi connectivity index (χ2v) is 2.91. The highest BCUT2D eigenvalue weighted by Gasteiger charge is 2.13. The fourth-order valence-electron chi connectivity index (χ4n) is 1.37. The molecule has 1 aromatic rings. The molecule has 1 aromatic carbocycles. The van der Waals surface area contributed by atoms with E-state index < -0.39 is 5.97 Å². The van der Waals surface area contributed by atoms with Gasteiger partial charge in [-0.3, -0.25) is 0 Å². The third kappa shape index (κ3) is 1.40. The molecule has 2 rings (SSSR count). The van der Waals surface area contributed by atoms with Gasteiger partial charge in [-0.15, -0.1) is 0 Å². The van der Waals surface area contributed by atoms with Gasteiger partial charge in [-0.25, -0.2) is 4.79 Å². The second-order valence-electron chi connectivity index (χ2n) is 2.91. The Morgan fingerprint density at radius 1 is 1.38 bits per heavy atom. The summed E-state index contributed by atoms with van der Waals surface area (Å²) >= 11 is 0. The van der Waals surface area contributed by atoms with E-state index in [0.717, 1.165) is 11.3 Å². The molecule has 0 aliphatic carbocycles. The monoisotopic (exact) mass is 175 g/mol. The minimum Gasteiger partial charge on any atom is -0.477 e. The lowest BCUT2D eigenvalue weighted by molar-refractivity contribution is -0.132. The summed E-state index contributed by atoms with van der Waals surface area (Å²) in [6.07, 6.45) is 2.37. The predicted octanol–water partition coefficient (Wildman–Crippen LogP) is 1.62. The van der Waals surface area contributed by atoms with Crippen LogP contribution in [-0.2, 0) is 11.2 Å². The topological polar surface area (TPSA) is 49.3 Å². The van der Waals surface area contributed by atoms with E-state index in [1.165, 1.54) is 0 Å². The van der Waals surface area contributed by atoms with Gasteiger partial charge in [0.15, 0.2) is 0 Å². The summed E-state index contributed by atoms with van der Waals surface area (Å²) in [5, 5.41) is 11.6. The standard InChI is InChI=1S/C10H9NO2/c12-10(13)9-6-5-7-3-1-2-4-8(7)11-9/h1-4,6,11H,5H2,(H,12,13). The van der Waals surface area contributed by atoms with Crippen molar-refractivity contribution in [1.29, 1.82) is 0 Å². The molecule has 2 N–H and O–H groups in total. The van der Waals surface area contributed by atoms with E-state index in [1.807, 2.05) is 24.3 Å². The minimum absolute atomic E-state index is 0.263. The van der Waals surface area contributed by atoms with Crippen molar-refractivity contribution in [2.45, 2.75) is 6.42 Å². The van der Waals surface area contributed by atoms with Gasteiger partial charge in [0.2, 0.25) is 0 Å². The number of rotatable bonds is 1. The number of carboxylic acids is 1. The van der Waals surface area contributed by atoms with Crippen LogP contribution in [0.2, 0.25) is 0 Å². The number of benzene rings is 1. The highest BCUT2D eigenvalue weighted by Crippen LogP contribution is 2.22. The van der Waals surface area contributed by atoms with Crippen molar-refractivity contribution in [1.82, 2.24) is 0 Å². The lowest BCUT2D eigenvalue weighted by atomic mass is 10.1. The molecule has 13 heavy (non-hydrogen) atoms. The third-order valence-corrected chi connectivity index (χ3v) is 2.04. The second kappa shape index (κ2) is 2.94. The third-order valence-electron chi connectivity index (χ3n) is 2.04. The van der Waals surface area contributed by atoms with Crippen molar-refractivity contribution in [3.05, 3.63) is 41.6 Å². The predicted molar refractivity (Wildman–Crippen MR) is 49.5 cm³/mol. The van der Waals surface area contributed by atoms with Crippen LogP contribution in [0.5, 0.6) is 0 Å². The summed E-state index contributed by atoms with van der Waals surface area (Å²) in [6.45, 7) is 0. The number of fused-ring (bicyclic) bond motifs is 1. The first kappa shape index (κ1) is 7.86. The van der Waals surface area contributed by atoms with Gasteiger partial charge in [0, 0.05) is 5.69 Å². The summed E-state index contributed by atoms with van der Waals surface area (Å²) in [6, 6.07) is 7.69. The Balaban J connectivity index is 2.33. The Labute approximate surface area is 75.7 Å². The van der Waals surface area contributed by atoms with Gasteiger partial charge in [-0.2, -0.15) is 0 Å². The molecule has 0 fully saturated rings. The summed E-state index contributed by atoms with van der Waals surface area (Å²) < 4.78 is 0. The number of hydrogen-bond acceptors (Lipinski definition) is 2. The molecule has 66 valence electrons. The van der Waals surface area contributed by atoms with Gasteiger partial charge in [0.25, 0.3) is 0 Å². The summed E-state index contributed by atoms with van der Waals surface area (Å²) in [7, 11) is 0. The van der Waals surface area contributed by atoms with Crippen molar-refractivity contribution in [3.63, 3.8) is 0 Å². The van der Waals surface area contributed by atoms with Crippen molar-refractivity contribution < 1.29 is 9.90 Å². The number of carboxylic acid groups (broad SMARTS) is 1. The van der Waals surface area contributed by atoms with Gasteiger partial charge in [-0.1, -0.05) is 18.2 Å². The van der Waals surface area contributed by atoms with Gasteiger partial charge in [-0.05, 0) is 24.1 Å². The highest BCUT2D eigenvalue weighted by molar-refractivity contribution is 5.91. The summed E-state index contributed by atoms with van der Waals surface area (Å²) in [4.78, 5) is 10.6. The van der Waals surface area contributed by atoms with E-state index in [0.29, 0.717) is 6.42 Å². The Bertz CT molecular complexity index is 382. The van der Waals surface area contributed by atoms with Crippen molar-refractivity contribution >= 4 is 11.7 Å². The number of carbonyl (C=O) groups is 1. The molecule has 0 saturated carbocycles. The molecule has 3 nitrogen and oxygen atoms in total. The largest absolute Gasteiger partial charge is 0.477 e. The van der Waals surface area contributed by atoms with E-state index in [9.17, 15) is 4.79 Å². The van der Waals surface area contributed by atoms with Crippen molar-refractivity contribution in [2.75, 3.05) is 5.32 Å². The lowest BCUT2D eigenvalue weighted by Crippen LogP contribution is -2.15. The Hall–Kier alpha value is -1.77. The quantitative estimate of drug-likeness (QED) is 0.681. The van der Waals surface area contributed by atoms with Crippen LogP contribution in [0.3, 0.4) is 0 Å². The zero-order chi connectivity index (χ0) is 9.26. The average Bonchev–Trinajstić information content (AvgIpc) is 2.17. The van der Waals surface area contributed by atoms with Crippen LogP contribution in [0.25, 0.3) is 0 Å². The maximum absolute atomic E-state index is 10.6. The molecule has 0 radical (unpaired) electrons. The molecule has 0 saturated heterocycles. The summed E-state index contributed by atoms with van der Waals surface area (Å²) in [5.41, 5.74) is 2.29. The molecule has 0 atom stereocenters. The molecule has 0 bridgehead atoms. The number of aliphatic carboxylic acids is 1. The molecule has 1 heterocycles. The molecule has 3 heteroatoms. The first-order valence-corrected chi connectivity index (χ1v) is 4.06. The number of hydrogen-bond donors (Lipinski definition) is 2. The molecule has 0 aromatic heterocycles. The molecule has 1 aliphatic rings. The first-order chi connectivity index (χ1) is 6.27. The Kier molecular flexibility index (Phi) is 1.77. The van der Waals surface area contributed by atoms with Crippen LogP contribution >= 0.6 is 0 Å². The fourth-order valence-corrected chi connectivity index (χ4v) is 1.37. The van der Waals surface area contributed by atoms with E-state index in [-0.39, 0.29) is 5.70 Å². The Morgan fingerprint density at radius 2 is 2.15 bits per heavy atom. The van der Waals surface area contributed by atoms with Gasteiger partial charge >= 0.3 is 5.97 Å². The molecule has 1 aliphatic heterocycles. The maximum Gasteiger partial charge on any atom is 0.351 e. The first-order valence-electron chi connectivity index (χ1n) is 4.06. The fraction of sp³-hybridized carbons (Fsp3) is 0.100. The van der Waals surface area contributed by atoms with E-state index in [4.69, 9.17) is 5.11 Å². The molecule has 0 unspecified atom stereocenters. The SMILES string of the molecule is O=C(O)C1=CCc2ccccc2N1. The van der Waals surface area contributed by atoms with Gasteiger partial charge in [0.05, 0.1) is 0 Å². The molecular weight excluding hydrogens is 166 g/mol. The number of nitrogens with one attached hydrogen (secondary N) is 1. The van der Waals surface area contributed by atoms with E-state index in [1.54, 1.807) is 6.08 Å². The van der Waals surface area contributed by atoms with Crippen LogP contribution < -0.4 is 5.32 Å². The van der Waals surface area contributed by atoms with Crippen molar-refractivity contribution in [2.24, 2.45) is 0 Å². The van der Waals surface area contributed by atoms with Crippen LogP contribution in [-0.4, -0.2) is 11.1 Å². The van der Waals surface area contributed by atoms with E-state index in [2.05, 4.69) is 5.32 Å². The maximum atomic E-state index is 10.6. The van der Waals surface area contributed by atoms with Crippen LogP contribution in [0, 0.1) is 0 Å². The number of allylic oxidation sites excluding steroid dienone is 1. The molecule has 0 amide bonds. The zero-order valence-corrected chi connectivity index (χ0v) is 6.95. The van der Waals surface area contributed by atoms with Crippen LogP contribution in [0.4, 0.5) is 5.69 Å². The minimum atomic E-state index is -0.908. The van der Waals surface area contributed by atoms with Gasteiger partial charge in [0.1, 0.15) is 5.70 Å². The zero-order valence-electron chi connectivity index (χ0n) is 6.95. The lowest BCUT2D eigenvalue weighted by Gasteiger charge is -2.15. The molecular formula is C10H9NO2. The highest BCUT2D eigenvalue weighted by atomic mass is 16.4. The van der Waals surface area contributed by atoms with Crippen molar-refractivity contribution in [3.8, 4) is 0 Å². The van der Waals surface area contributed by atoms with Crippen LogP contribution in [0.1, 0.15) is 5.56 Å². The van der Waals surface area contributed by atoms with Crippen LogP contribution in [0.15, 0.2) is 36.0 Å². The summed E-state index contributed by atoms with van der Waals surface area (Å²) in [5.74, 6) is -0.908. The average molecular weight is 175 g/mol. The molecule has 0 spiro atoms. The number of anilines is 1. The van der Waals surface area contributed by atoms with E-state index >= 15 is 0 Å². The normalized spacial score (nSPS) is 14.0. The number of para-hydroxylation sites is 1. The van der Waals surface area contributed by atoms with Gasteiger partial charge < -0.3 is 10.4 Å². The smallest absolute Gasteiger partial charge is 0.351 e.